The number of fused-ring (bicyclic) bond motifs is 1. The number of ether oxygens (including phenoxy) is 1. The first kappa shape index (κ1) is 7.60. The molecule has 0 radical (unpaired) electrons. The molecule has 1 N–H and O–H groups in total. The quantitative estimate of drug-likeness (QED) is 0.546. The van der Waals surface area contributed by atoms with Crippen LogP contribution in [0.5, 0.6) is 6.01 Å². The third-order valence-electron chi connectivity index (χ3n) is 1.66. The van der Waals surface area contributed by atoms with Gasteiger partial charge < -0.3 is 9.94 Å². The van der Waals surface area contributed by atoms with Gasteiger partial charge in [0.05, 0.1) is 5.52 Å². The lowest BCUT2D eigenvalue weighted by molar-refractivity contribution is -0.121. The van der Waals surface area contributed by atoms with Crippen LogP contribution in [0.2, 0.25) is 0 Å². The SMILES string of the molecule is O=COc1nc2ccccc2n1O. The van der Waals surface area contributed by atoms with Crippen LogP contribution in [0.3, 0.4) is 0 Å². The van der Waals surface area contributed by atoms with E-state index in [1.54, 1.807) is 24.3 Å². The van der Waals surface area contributed by atoms with E-state index in [0.29, 0.717) is 11.0 Å². The van der Waals surface area contributed by atoms with E-state index >= 15 is 0 Å². The molecule has 0 spiro atoms. The van der Waals surface area contributed by atoms with Gasteiger partial charge in [-0.1, -0.05) is 12.1 Å². The fraction of sp³-hybridized carbons (Fsp3) is 0. The monoisotopic (exact) mass is 178 g/mol. The molecule has 2 rings (SSSR count). The molecule has 1 heterocycles. The molecule has 0 aliphatic heterocycles. The van der Waals surface area contributed by atoms with Crippen LogP contribution in [-0.2, 0) is 4.79 Å². The molecule has 1 aromatic carbocycles. The predicted octanol–water partition coefficient (Wildman–Crippen LogP) is 0.809. The van der Waals surface area contributed by atoms with Crippen LogP contribution in [0, 0.1) is 0 Å². The maximum absolute atomic E-state index is 10.0. The fourth-order valence-corrected chi connectivity index (χ4v) is 1.11. The van der Waals surface area contributed by atoms with E-state index in [0.717, 1.165) is 4.73 Å². The molecule has 5 heteroatoms. The lowest BCUT2D eigenvalue weighted by atomic mass is 10.3. The fourth-order valence-electron chi connectivity index (χ4n) is 1.11. The summed E-state index contributed by atoms with van der Waals surface area (Å²) in [5.74, 6) is 0. The first-order valence-corrected chi connectivity index (χ1v) is 3.60. The Kier molecular flexibility index (Phi) is 1.63. The highest BCUT2D eigenvalue weighted by molar-refractivity contribution is 5.76. The smallest absolute Gasteiger partial charge is 0.339 e. The Morgan fingerprint density at radius 2 is 2.23 bits per heavy atom. The summed E-state index contributed by atoms with van der Waals surface area (Å²) in [6.45, 7) is 0.216. The summed E-state index contributed by atoms with van der Waals surface area (Å²) in [6.07, 6.45) is 0. The van der Waals surface area contributed by atoms with Gasteiger partial charge in [-0.2, -0.15) is 4.98 Å². The molecule has 0 amide bonds. The number of imidazole rings is 1. The molecule has 0 fully saturated rings. The van der Waals surface area contributed by atoms with E-state index in [1.807, 2.05) is 0 Å². The summed E-state index contributed by atoms with van der Waals surface area (Å²) in [5, 5.41) is 9.39. The van der Waals surface area contributed by atoms with Crippen molar-refractivity contribution in [3.8, 4) is 6.01 Å². The maximum atomic E-state index is 10.0. The number of hydrogen-bond acceptors (Lipinski definition) is 4. The highest BCUT2D eigenvalue weighted by Crippen LogP contribution is 2.18. The average Bonchev–Trinajstić information content (AvgIpc) is 2.46. The Hall–Kier alpha value is -2.04. The van der Waals surface area contributed by atoms with Gasteiger partial charge in [0, 0.05) is 0 Å². The molecule has 1 aromatic heterocycles. The van der Waals surface area contributed by atoms with Crippen molar-refractivity contribution in [2.24, 2.45) is 0 Å². The number of carbonyl (C=O) groups excluding carboxylic acids is 1. The summed E-state index contributed by atoms with van der Waals surface area (Å²) >= 11 is 0. The number of rotatable bonds is 2. The molecule has 66 valence electrons. The van der Waals surface area contributed by atoms with Gasteiger partial charge in [-0.3, -0.25) is 4.79 Å². The zero-order valence-corrected chi connectivity index (χ0v) is 6.54. The first-order chi connectivity index (χ1) is 6.33. The van der Waals surface area contributed by atoms with Crippen molar-refractivity contribution in [2.45, 2.75) is 0 Å². The summed E-state index contributed by atoms with van der Waals surface area (Å²) < 4.78 is 5.17. The normalized spacial score (nSPS) is 10.2. The summed E-state index contributed by atoms with van der Waals surface area (Å²) in [7, 11) is 0. The number of nitrogens with zero attached hydrogens (tertiary/aromatic N) is 2. The lowest BCUT2D eigenvalue weighted by Crippen LogP contribution is -1.97. The Morgan fingerprint density at radius 1 is 1.46 bits per heavy atom. The molecular weight excluding hydrogens is 172 g/mol. The first-order valence-electron chi connectivity index (χ1n) is 3.60. The molecular formula is C8H6N2O3. The van der Waals surface area contributed by atoms with Crippen LogP contribution < -0.4 is 4.74 Å². The summed E-state index contributed by atoms with van der Waals surface area (Å²) in [5.41, 5.74) is 1.07. The van der Waals surface area contributed by atoms with Crippen molar-refractivity contribution in [3.63, 3.8) is 0 Å². The van der Waals surface area contributed by atoms with Crippen molar-refractivity contribution < 1.29 is 14.7 Å². The zero-order valence-electron chi connectivity index (χ0n) is 6.54. The van der Waals surface area contributed by atoms with Gasteiger partial charge in [-0.25, -0.2) is 0 Å². The van der Waals surface area contributed by atoms with Crippen molar-refractivity contribution in [1.29, 1.82) is 0 Å². The van der Waals surface area contributed by atoms with Crippen molar-refractivity contribution in [1.82, 2.24) is 9.71 Å². The Labute approximate surface area is 73.1 Å². The topological polar surface area (TPSA) is 64.3 Å². The van der Waals surface area contributed by atoms with Crippen LogP contribution in [0.15, 0.2) is 24.3 Å². The zero-order chi connectivity index (χ0) is 9.26. The van der Waals surface area contributed by atoms with Crippen LogP contribution in [0.4, 0.5) is 0 Å². The van der Waals surface area contributed by atoms with Gasteiger partial charge >= 0.3 is 12.5 Å². The third-order valence-corrected chi connectivity index (χ3v) is 1.66. The summed E-state index contributed by atoms with van der Waals surface area (Å²) in [4.78, 5) is 13.9. The molecule has 5 nitrogen and oxygen atoms in total. The molecule has 0 atom stereocenters. The van der Waals surface area contributed by atoms with E-state index in [1.165, 1.54) is 0 Å². The second-order valence-electron chi connectivity index (χ2n) is 2.41. The van der Waals surface area contributed by atoms with Gasteiger partial charge in [0.2, 0.25) is 0 Å². The number of para-hydroxylation sites is 2. The minimum atomic E-state index is -0.129. The number of benzene rings is 1. The highest BCUT2D eigenvalue weighted by atomic mass is 16.6. The molecule has 0 bridgehead atoms. The number of hydrogen-bond donors (Lipinski definition) is 1. The minimum Gasteiger partial charge on any atom is -0.424 e. The largest absolute Gasteiger partial charge is 0.424 e. The van der Waals surface area contributed by atoms with Gasteiger partial charge in [0.1, 0.15) is 5.52 Å². The van der Waals surface area contributed by atoms with E-state index in [2.05, 4.69) is 9.72 Å². The van der Waals surface area contributed by atoms with Crippen LogP contribution in [0.25, 0.3) is 11.0 Å². The van der Waals surface area contributed by atoms with E-state index in [9.17, 15) is 10.0 Å². The second kappa shape index (κ2) is 2.78. The Bertz CT molecular complexity index is 450. The molecule has 0 unspecified atom stereocenters. The molecule has 0 aliphatic rings. The Morgan fingerprint density at radius 3 is 2.92 bits per heavy atom. The predicted molar refractivity (Wildman–Crippen MR) is 43.6 cm³/mol. The lowest BCUT2D eigenvalue weighted by Gasteiger charge is -1.94. The van der Waals surface area contributed by atoms with Crippen LogP contribution >= 0.6 is 0 Å². The van der Waals surface area contributed by atoms with E-state index in [4.69, 9.17) is 0 Å². The summed E-state index contributed by atoms with van der Waals surface area (Å²) in [6, 6.07) is 6.78. The van der Waals surface area contributed by atoms with E-state index < -0.39 is 0 Å². The van der Waals surface area contributed by atoms with Crippen molar-refractivity contribution in [3.05, 3.63) is 24.3 Å². The van der Waals surface area contributed by atoms with Crippen LogP contribution in [0.1, 0.15) is 0 Å². The molecule has 13 heavy (non-hydrogen) atoms. The van der Waals surface area contributed by atoms with Gasteiger partial charge in [0.25, 0.3) is 0 Å². The highest BCUT2D eigenvalue weighted by Gasteiger charge is 2.09. The number of aromatic nitrogens is 2. The van der Waals surface area contributed by atoms with Crippen molar-refractivity contribution in [2.75, 3.05) is 0 Å². The standard InChI is InChI=1S/C8H6N2O3/c11-5-13-8-9-6-3-1-2-4-7(6)10(8)12/h1-5,12H. The molecule has 0 saturated carbocycles. The van der Waals surface area contributed by atoms with Gasteiger partial charge in [-0.05, 0) is 12.1 Å². The third kappa shape index (κ3) is 1.10. The number of carbonyl (C=O) groups is 1. The molecule has 2 aromatic rings. The second-order valence-corrected chi connectivity index (χ2v) is 2.41. The van der Waals surface area contributed by atoms with Gasteiger partial charge in [0.15, 0.2) is 0 Å². The van der Waals surface area contributed by atoms with Crippen LogP contribution in [-0.4, -0.2) is 21.4 Å². The Balaban J connectivity index is 2.66. The molecule has 0 aliphatic carbocycles. The van der Waals surface area contributed by atoms with Crippen molar-refractivity contribution >= 4 is 17.5 Å². The average molecular weight is 178 g/mol. The molecule has 0 saturated heterocycles. The minimum absolute atomic E-state index is 0.129. The van der Waals surface area contributed by atoms with Gasteiger partial charge in [-0.15, -0.1) is 4.73 Å². The maximum Gasteiger partial charge on any atom is 0.339 e. The van der Waals surface area contributed by atoms with E-state index in [-0.39, 0.29) is 12.5 Å².